The summed E-state index contributed by atoms with van der Waals surface area (Å²) < 4.78 is 3.64. The fraction of sp³-hybridized carbons (Fsp3) is 0.357. The lowest BCUT2D eigenvalue weighted by atomic mass is 10.2. The summed E-state index contributed by atoms with van der Waals surface area (Å²) in [6.45, 7) is 3.46. The fourth-order valence-corrected chi connectivity index (χ4v) is 2.92. The average Bonchev–Trinajstić information content (AvgIpc) is 3.14. The molecule has 3 aromatic rings. The molecule has 0 bridgehead atoms. The van der Waals surface area contributed by atoms with Gasteiger partial charge in [0.05, 0.1) is 25.1 Å². The molecule has 1 aliphatic heterocycles. The van der Waals surface area contributed by atoms with Crippen LogP contribution >= 0.6 is 0 Å². The van der Waals surface area contributed by atoms with Gasteiger partial charge in [-0.1, -0.05) is 0 Å². The van der Waals surface area contributed by atoms with Gasteiger partial charge in [-0.15, -0.1) is 0 Å². The highest BCUT2D eigenvalue weighted by molar-refractivity contribution is 5.83. The number of rotatable bonds is 2. The van der Waals surface area contributed by atoms with Gasteiger partial charge in [0.25, 0.3) is 0 Å². The molecular formula is C14H16N8O. The number of amides is 1. The molecule has 4 rings (SSSR count). The minimum absolute atomic E-state index is 0.0152. The van der Waals surface area contributed by atoms with E-state index in [0.29, 0.717) is 30.1 Å². The number of carbonyl (C=O) groups is 1. The molecule has 2 N–H and O–H groups in total. The smallest absolute Gasteiger partial charge is 0.243 e. The second-order valence-electron chi connectivity index (χ2n) is 5.68. The maximum Gasteiger partial charge on any atom is 0.243 e. The quantitative estimate of drug-likeness (QED) is 0.715. The van der Waals surface area contributed by atoms with Gasteiger partial charge in [-0.25, -0.2) is 15.0 Å². The minimum Gasteiger partial charge on any atom is -0.382 e. The van der Waals surface area contributed by atoms with Crippen LogP contribution < -0.4 is 5.73 Å². The van der Waals surface area contributed by atoms with Crippen molar-refractivity contribution in [2.75, 3.05) is 5.73 Å². The number of imidazole rings is 1. The SMILES string of the molecule is CC1Cn2nccc2CN1C(=O)Cn1cnc2c(N)ncnc21. The standard InChI is InChI=1S/C14H16N8O/c1-9-4-22-10(2-3-19-22)5-21(9)11(23)6-20-8-18-12-13(15)16-7-17-14(12)20/h2-3,7-9H,4-6H2,1H3,(H2,15,16,17). The Kier molecular flexibility index (Phi) is 3.00. The molecule has 3 aromatic heterocycles. The zero-order valence-electron chi connectivity index (χ0n) is 12.6. The van der Waals surface area contributed by atoms with Crippen molar-refractivity contribution >= 4 is 22.9 Å². The highest BCUT2D eigenvalue weighted by atomic mass is 16.2. The van der Waals surface area contributed by atoms with E-state index >= 15 is 0 Å². The Bertz CT molecular complexity index is 882. The second kappa shape index (κ2) is 5.04. The summed E-state index contributed by atoms with van der Waals surface area (Å²) in [6.07, 6.45) is 4.72. The number of fused-ring (bicyclic) bond motifs is 2. The van der Waals surface area contributed by atoms with Crippen LogP contribution in [0.1, 0.15) is 12.6 Å². The molecule has 23 heavy (non-hydrogen) atoms. The molecule has 0 aliphatic carbocycles. The molecule has 1 aliphatic rings. The average molecular weight is 312 g/mol. The molecule has 4 heterocycles. The van der Waals surface area contributed by atoms with E-state index in [4.69, 9.17) is 5.73 Å². The van der Waals surface area contributed by atoms with Crippen LogP contribution in [0.3, 0.4) is 0 Å². The Morgan fingerprint density at radius 3 is 3.13 bits per heavy atom. The van der Waals surface area contributed by atoms with Crippen LogP contribution in [0, 0.1) is 0 Å². The highest BCUT2D eigenvalue weighted by Gasteiger charge is 2.27. The molecule has 1 unspecified atom stereocenters. The fourth-order valence-electron chi connectivity index (χ4n) is 2.92. The summed E-state index contributed by atoms with van der Waals surface area (Å²) >= 11 is 0. The first kappa shape index (κ1) is 13.7. The van der Waals surface area contributed by atoms with Gasteiger partial charge in [-0.2, -0.15) is 5.10 Å². The molecule has 1 atom stereocenters. The number of nitrogen functional groups attached to an aromatic ring is 1. The molecular weight excluding hydrogens is 296 g/mol. The van der Waals surface area contributed by atoms with Gasteiger partial charge in [0.2, 0.25) is 5.91 Å². The summed E-state index contributed by atoms with van der Waals surface area (Å²) in [6, 6.07) is 2.02. The maximum absolute atomic E-state index is 12.7. The third-order valence-corrected chi connectivity index (χ3v) is 4.16. The van der Waals surface area contributed by atoms with Crippen molar-refractivity contribution in [1.82, 2.24) is 34.2 Å². The van der Waals surface area contributed by atoms with Crippen molar-refractivity contribution in [2.24, 2.45) is 0 Å². The Balaban J connectivity index is 1.59. The molecule has 0 saturated carbocycles. The molecule has 9 nitrogen and oxygen atoms in total. The predicted molar refractivity (Wildman–Crippen MR) is 82.0 cm³/mol. The Morgan fingerprint density at radius 2 is 2.26 bits per heavy atom. The number of nitrogens with two attached hydrogens (primary N) is 1. The number of aromatic nitrogens is 6. The van der Waals surface area contributed by atoms with E-state index < -0.39 is 0 Å². The van der Waals surface area contributed by atoms with Crippen LogP contribution in [0.5, 0.6) is 0 Å². The normalized spacial score (nSPS) is 17.4. The van der Waals surface area contributed by atoms with Crippen molar-refractivity contribution in [3.8, 4) is 0 Å². The lowest BCUT2D eigenvalue weighted by Crippen LogP contribution is -2.46. The third kappa shape index (κ3) is 2.20. The van der Waals surface area contributed by atoms with Gasteiger partial charge in [0, 0.05) is 12.2 Å². The van der Waals surface area contributed by atoms with E-state index in [1.165, 1.54) is 6.33 Å². The first-order valence-electron chi connectivity index (χ1n) is 7.35. The first-order valence-corrected chi connectivity index (χ1v) is 7.35. The number of nitrogens with zero attached hydrogens (tertiary/aromatic N) is 7. The van der Waals surface area contributed by atoms with Crippen molar-refractivity contribution in [3.63, 3.8) is 0 Å². The number of hydrogen-bond acceptors (Lipinski definition) is 6. The lowest BCUT2D eigenvalue weighted by molar-refractivity contribution is -0.135. The van der Waals surface area contributed by atoms with Crippen molar-refractivity contribution in [2.45, 2.75) is 32.6 Å². The molecule has 0 spiro atoms. The van der Waals surface area contributed by atoms with Crippen molar-refractivity contribution in [3.05, 3.63) is 30.6 Å². The van der Waals surface area contributed by atoms with Gasteiger partial charge in [0.15, 0.2) is 11.5 Å². The van der Waals surface area contributed by atoms with E-state index in [-0.39, 0.29) is 18.5 Å². The largest absolute Gasteiger partial charge is 0.382 e. The maximum atomic E-state index is 12.7. The number of carbonyl (C=O) groups excluding carboxylic acids is 1. The predicted octanol–water partition coefficient (Wildman–Crippen LogP) is 0.0359. The van der Waals surface area contributed by atoms with Crippen LogP contribution in [0.2, 0.25) is 0 Å². The van der Waals surface area contributed by atoms with Crippen LogP contribution in [0.15, 0.2) is 24.9 Å². The summed E-state index contributed by atoms with van der Waals surface area (Å²) in [4.78, 5) is 26.8. The first-order chi connectivity index (χ1) is 11.1. The third-order valence-electron chi connectivity index (χ3n) is 4.16. The molecule has 0 saturated heterocycles. The van der Waals surface area contributed by atoms with Gasteiger partial charge >= 0.3 is 0 Å². The number of anilines is 1. The van der Waals surface area contributed by atoms with Crippen LogP contribution in [-0.2, 0) is 24.4 Å². The Hall–Kier alpha value is -2.97. The molecule has 118 valence electrons. The van der Waals surface area contributed by atoms with Crippen LogP contribution in [0.4, 0.5) is 5.82 Å². The Labute approximate surface area is 131 Å². The molecule has 0 fully saturated rings. The van der Waals surface area contributed by atoms with Crippen LogP contribution in [-0.4, -0.2) is 46.1 Å². The van der Waals surface area contributed by atoms with E-state index in [1.807, 2.05) is 22.6 Å². The summed E-state index contributed by atoms with van der Waals surface area (Å²) in [5.41, 5.74) is 7.90. The van der Waals surface area contributed by atoms with E-state index in [1.54, 1.807) is 17.1 Å². The van der Waals surface area contributed by atoms with Gasteiger partial charge in [0.1, 0.15) is 18.4 Å². The second-order valence-corrected chi connectivity index (χ2v) is 5.68. The van der Waals surface area contributed by atoms with Crippen LogP contribution in [0.25, 0.3) is 11.2 Å². The van der Waals surface area contributed by atoms with Gasteiger partial charge in [-0.3, -0.25) is 9.48 Å². The molecule has 0 aromatic carbocycles. The highest BCUT2D eigenvalue weighted by Crippen LogP contribution is 2.19. The zero-order valence-corrected chi connectivity index (χ0v) is 12.6. The topological polar surface area (TPSA) is 108 Å². The molecule has 0 radical (unpaired) electrons. The van der Waals surface area contributed by atoms with Crippen molar-refractivity contribution < 1.29 is 4.79 Å². The molecule has 9 heteroatoms. The van der Waals surface area contributed by atoms with E-state index in [2.05, 4.69) is 20.1 Å². The zero-order chi connectivity index (χ0) is 16.0. The summed E-state index contributed by atoms with van der Waals surface area (Å²) in [5.74, 6) is 0.331. The molecule has 1 amide bonds. The van der Waals surface area contributed by atoms with Gasteiger partial charge < -0.3 is 15.2 Å². The summed E-state index contributed by atoms with van der Waals surface area (Å²) in [5, 5.41) is 4.26. The lowest BCUT2D eigenvalue weighted by Gasteiger charge is -2.34. The Morgan fingerprint density at radius 1 is 1.39 bits per heavy atom. The monoisotopic (exact) mass is 312 g/mol. The number of hydrogen-bond donors (Lipinski definition) is 1. The summed E-state index contributed by atoms with van der Waals surface area (Å²) in [7, 11) is 0. The minimum atomic E-state index is 0.0152. The van der Waals surface area contributed by atoms with Gasteiger partial charge in [-0.05, 0) is 13.0 Å². The van der Waals surface area contributed by atoms with Crippen molar-refractivity contribution in [1.29, 1.82) is 0 Å². The van der Waals surface area contributed by atoms with E-state index in [0.717, 1.165) is 5.69 Å². The van der Waals surface area contributed by atoms with E-state index in [9.17, 15) is 4.79 Å².